The van der Waals surface area contributed by atoms with Crippen molar-refractivity contribution in [1.82, 2.24) is 15.2 Å². The van der Waals surface area contributed by atoms with Crippen molar-refractivity contribution in [3.05, 3.63) is 15.6 Å². The van der Waals surface area contributed by atoms with Gasteiger partial charge in [-0.3, -0.25) is 4.90 Å². The van der Waals surface area contributed by atoms with Crippen molar-refractivity contribution < 1.29 is 0 Å². The van der Waals surface area contributed by atoms with Gasteiger partial charge in [-0.25, -0.2) is 4.98 Å². The second-order valence-corrected chi connectivity index (χ2v) is 5.85. The molecule has 1 saturated heterocycles. The smallest absolute Gasteiger partial charge is 0.110 e. The molecular formula is C12H19N3S. The minimum Gasteiger partial charge on any atom is -0.314 e. The quantitative estimate of drug-likeness (QED) is 0.847. The molecule has 0 spiro atoms. The van der Waals surface area contributed by atoms with Gasteiger partial charge in [0.2, 0.25) is 0 Å². The summed E-state index contributed by atoms with van der Waals surface area (Å²) in [6.45, 7) is 6.86. The van der Waals surface area contributed by atoms with Crippen LogP contribution in [0.3, 0.4) is 0 Å². The molecule has 16 heavy (non-hydrogen) atoms. The second-order valence-electron chi connectivity index (χ2n) is 4.74. The predicted octanol–water partition coefficient (Wildman–Crippen LogP) is 1.60. The fourth-order valence-electron chi connectivity index (χ4n) is 2.61. The third-order valence-electron chi connectivity index (χ3n) is 3.67. The molecule has 1 aromatic rings. The van der Waals surface area contributed by atoms with Crippen LogP contribution in [0, 0.1) is 0 Å². The first kappa shape index (κ1) is 10.7. The van der Waals surface area contributed by atoms with Crippen LogP contribution in [0.5, 0.6) is 0 Å². The number of hydrogen-bond donors (Lipinski definition) is 1. The minimum atomic E-state index is 0.512. The van der Waals surface area contributed by atoms with E-state index in [0.29, 0.717) is 6.04 Å². The Balaban J connectivity index is 1.75. The Morgan fingerprint density at radius 2 is 2.12 bits per heavy atom. The summed E-state index contributed by atoms with van der Waals surface area (Å²) >= 11 is 1.95. The van der Waals surface area contributed by atoms with Gasteiger partial charge in [-0.15, -0.1) is 11.3 Å². The lowest BCUT2D eigenvalue weighted by atomic mass is 10.2. The normalized spacial score (nSPS) is 23.3. The zero-order valence-electron chi connectivity index (χ0n) is 9.83. The van der Waals surface area contributed by atoms with Crippen LogP contribution < -0.4 is 5.32 Å². The van der Waals surface area contributed by atoms with Crippen LogP contribution in [0.1, 0.15) is 35.0 Å². The lowest BCUT2D eigenvalue weighted by molar-refractivity contribution is 0.185. The summed E-state index contributed by atoms with van der Waals surface area (Å²) in [4.78, 5) is 8.92. The Hall–Kier alpha value is -0.450. The summed E-state index contributed by atoms with van der Waals surface area (Å²) in [6.07, 6.45) is 3.79. The van der Waals surface area contributed by atoms with Gasteiger partial charge in [0.25, 0.3) is 0 Å². The number of aromatic nitrogens is 1. The molecule has 4 heteroatoms. The van der Waals surface area contributed by atoms with Crippen molar-refractivity contribution >= 4 is 11.3 Å². The maximum atomic E-state index is 4.82. The highest BCUT2D eigenvalue weighted by atomic mass is 32.1. The third-order valence-corrected chi connectivity index (χ3v) is 5.00. The maximum Gasteiger partial charge on any atom is 0.110 e. The highest BCUT2D eigenvalue weighted by Gasteiger charge is 2.24. The first-order valence-corrected chi connectivity index (χ1v) is 7.09. The van der Waals surface area contributed by atoms with Crippen molar-refractivity contribution in [1.29, 1.82) is 0 Å². The fraction of sp³-hybridized carbons (Fsp3) is 0.750. The number of nitrogens with zero attached hydrogens (tertiary/aromatic N) is 2. The molecule has 0 radical (unpaired) electrons. The average Bonchev–Trinajstić information content (AvgIpc) is 2.89. The molecule has 1 N–H and O–H groups in total. The number of hydrogen-bond acceptors (Lipinski definition) is 4. The van der Waals surface area contributed by atoms with Crippen LogP contribution in [0.25, 0.3) is 0 Å². The SMILES string of the molecule is CC(c1nc2c(s1)CCC2)N1CCNCC1. The van der Waals surface area contributed by atoms with E-state index in [2.05, 4.69) is 17.1 Å². The molecule has 3 rings (SSSR count). The Morgan fingerprint density at radius 3 is 2.88 bits per heavy atom. The van der Waals surface area contributed by atoms with Crippen LogP contribution in [-0.2, 0) is 12.8 Å². The topological polar surface area (TPSA) is 28.2 Å². The van der Waals surface area contributed by atoms with Gasteiger partial charge in [0, 0.05) is 31.1 Å². The number of nitrogens with one attached hydrogen (secondary N) is 1. The summed E-state index contributed by atoms with van der Waals surface area (Å²) in [6, 6.07) is 0.512. The van der Waals surface area contributed by atoms with Crippen LogP contribution in [0.2, 0.25) is 0 Å². The van der Waals surface area contributed by atoms with E-state index in [9.17, 15) is 0 Å². The molecule has 0 aromatic carbocycles. The number of aryl methyl sites for hydroxylation is 2. The molecule has 1 aromatic heterocycles. The van der Waals surface area contributed by atoms with Gasteiger partial charge in [-0.05, 0) is 26.2 Å². The standard InChI is InChI=1S/C12H19N3S/c1-9(15-7-5-13-6-8-15)12-14-10-3-2-4-11(10)16-12/h9,13H,2-8H2,1H3. The summed E-state index contributed by atoms with van der Waals surface area (Å²) in [5, 5.41) is 4.74. The van der Waals surface area contributed by atoms with Gasteiger partial charge in [-0.2, -0.15) is 0 Å². The molecule has 0 saturated carbocycles. The molecule has 3 nitrogen and oxygen atoms in total. The van der Waals surface area contributed by atoms with E-state index in [0.717, 1.165) is 26.2 Å². The van der Waals surface area contributed by atoms with Crippen LogP contribution in [-0.4, -0.2) is 36.1 Å². The zero-order valence-corrected chi connectivity index (χ0v) is 10.6. The van der Waals surface area contributed by atoms with Gasteiger partial charge < -0.3 is 5.32 Å². The number of piperazine rings is 1. The Labute approximate surface area is 101 Å². The number of rotatable bonds is 2. The average molecular weight is 237 g/mol. The molecule has 0 bridgehead atoms. The van der Waals surface area contributed by atoms with Crippen molar-refractivity contribution in [2.24, 2.45) is 0 Å². The first-order valence-electron chi connectivity index (χ1n) is 6.28. The zero-order chi connectivity index (χ0) is 11.0. The molecule has 1 unspecified atom stereocenters. The van der Waals surface area contributed by atoms with Crippen molar-refractivity contribution in [3.63, 3.8) is 0 Å². The molecule has 2 heterocycles. The summed E-state index contributed by atoms with van der Waals surface area (Å²) in [7, 11) is 0. The van der Waals surface area contributed by atoms with E-state index in [1.807, 2.05) is 11.3 Å². The molecule has 1 aliphatic carbocycles. The van der Waals surface area contributed by atoms with E-state index in [1.165, 1.54) is 30.0 Å². The summed E-state index contributed by atoms with van der Waals surface area (Å²) in [5.74, 6) is 0. The third kappa shape index (κ3) is 1.90. The monoisotopic (exact) mass is 237 g/mol. The molecule has 1 fully saturated rings. The molecular weight excluding hydrogens is 218 g/mol. The lowest BCUT2D eigenvalue weighted by Gasteiger charge is -2.31. The van der Waals surface area contributed by atoms with Crippen LogP contribution in [0.15, 0.2) is 0 Å². The highest BCUT2D eigenvalue weighted by Crippen LogP contribution is 2.32. The summed E-state index contributed by atoms with van der Waals surface area (Å²) in [5.41, 5.74) is 1.39. The van der Waals surface area contributed by atoms with Crippen molar-refractivity contribution in [2.75, 3.05) is 26.2 Å². The lowest BCUT2D eigenvalue weighted by Crippen LogP contribution is -2.44. The molecule has 88 valence electrons. The predicted molar refractivity (Wildman–Crippen MR) is 67.0 cm³/mol. The maximum absolute atomic E-state index is 4.82. The fourth-order valence-corrected chi connectivity index (χ4v) is 3.85. The molecule has 0 amide bonds. The van der Waals surface area contributed by atoms with Crippen molar-refractivity contribution in [3.8, 4) is 0 Å². The van der Waals surface area contributed by atoms with Crippen LogP contribution in [0.4, 0.5) is 0 Å². The van der Waals surface area contributed by atoms with Gasteiger partial charge in [0.15, 0.2) is 0 Å². The Kier molecular flexibility index (Phi) is 2.96. The number of thiazole rings is 1. The highest BCUT2D eigenvalue weighted by molar-refractivity contribution is 7.11. The van der Waals surface area contributed by atoms with Crippen LogP contribution >= 0.6 is 11.3 Å². The van der Waals surface area contributed by atoms with Gasteiger partial charge in [0.1, 0.15) is 5.01 Å². The first-order chi connectivity index (χ1) is 7.84. The minimum absolute atomic E-state index is 0.512. The Morgan fingerprint density at radius 1 is 1.31 bits per heavy atom. The summed E-state index contributed by atoms with van der Waals surface area (Å²) < 4.78 is 0. The van der Waals surface area contributed by atoms with Gasteiger partial charge in [-0.1, -0.05) is 0 Å². The molecule has 1 atom stereocenters. The van der Waals surface area contributed by atoms with Gasteiger partial charge in [0.05, 0.1) is 11.7 Å². The van der Waals surface area contributed by atoms with E-state index >= 15 is 0 Å². The van der Waals surface area contributed by atoms with Gasteiger partial charge >= 0.3 is 0 Å². The van der Waals surface area contributed by atoms with E-state index < -0.39 is 0 Å². The molecule has 1 aliphatic heterocycles. The number of fused-ring (bicyclic) bond motifs is 1. The van der Waals surface area contributed by atoms with E-state index in [1.54, 1.807) is 4.88 Å². The van der Waals surface area contributed by atoms with E-state index in [-0.39, 0.29) is 0 Å². The Bertz CT molecular complexity index is 347. The van der Waals surface area contributed by atoms with Crippen molar-refractivity contribution in [2.45, 2.75) is 32.2 Å². The van der Waals surface area contributed by atoms with E-state index in [4.69, 9.17) is 4.98 Å². The largest absolute Gasteiger partial charge is 0.314 e. The molecule has 2 aliphatic rings. The second kappa shape index (κ2) is 4.43.